The van der Waals surface area contributed by atoms with Crippen molar-refractivity contribution in [2.75, 3.05) is 0 Å². The van der Waals surface area contributed by atoms with Crippen LogP contribution in [0.25, 0.3) is 0 Å². The molecule has 4 unspecified atom stereocenters. The summed E-state index contributed by atoms with van der Waals surface area (Å²) in [6.45, 7) is 16.0. The number of hydrogen-bond donors (Lipinski definition) is 0. The standard InChI is InChI=1S/C17H32/c1-7-9-16-11-10-15(6)17(16,8-2)12-14(5)13(3)4/h7,13-16H,1,8-12H2,2-6H3. The summed E-state index contributed by atoms with van der Waals surface area (Å²) in [5.74, 6) is 3.46. The van der Waals surface area contributed by atoms with E-state index in [0.29, 0.717) is 5.41 Å². The molecule has 0 amide bonds. The van der Waals surface area contributed by atoms with Crippen molar-refractivity contribution in [1.29, 1.82) is 0 Å². The lowest BCUT2D eigenvalue weighted by Gasteiger charge is -2.41. The molecule has 100 valence electrons. The van der Waals surface area contributed by atoms with Crippen LogP contribution in [0.15, 0.2) is 12.7 Å². The second kappa shape index (κ2) is 6.07. The summed E-state index contributed by atoms with van der Waals surface area (Å²) in [7, 11) is 0. The molecule has 1 fully saturated rings. The van der Waals surface area contributed by atoms with Crippen LogP contribution in [0, 0.1) is 29.1 Å². The molecule has 0 radical (unpaired) electrons. The Kier molecular flexibility index (Phi) is 5.28. The molecule has 1 saturated carbocycles. The summed E-state index contributed by atoms with van der Waals surface area (Å²) >= 11 is 0. The molecule has 0 aliphatic heterocycles. The first-order valence-corrected chi connectivity index (χ1v) is 7.58. The summed E-state index contributed by atoms with van der Waals surface area (Å²) in [6, 6.07) is 0. The Balaban J connectivity index is 2.85. The van der Waals surface area contributed by atoms with E-state index in [1.807, 2.05) is 0 Å². The van der Waals surface area contributed by atoms with Crippen molar-refractivity contribution in [3.05, 3.63) is 12.7 Å². The molecule has 0 heteroatoms. The first-order chi connectivity index (χ1) is 7.97. The Labute approximate surface area is 109 Å². The third-order valence-corrected chi connectivity index (χ3v) is 5.69. The van der Waals surface area contributed by atoms with Gasteiger partial charge in [0.05, 0.1) is 0 Å². The topological polar surface area (TPSA) is 0 Å². The average molecular weight is 236 g/mol. The lowest BCUT2D eigenvalue weighted by atomic mass is 9.64. The lowest BCUT2D eigenvalue weighted by molar-refractivity contribution is 0.0851. The second-order valence-electron chi connectivity index (χ2n) is 6.71. The van der Waals surface area contributed by atoms with Gasteiger partial charge in [-0.2, -0.15) is 0 Å². The van der Waals surface area contributed by atoms with E-state index in [-0.39, 0.29) is 0 Å². The summed E-state index contributed by atoms with van der Waals surface area (Å²) in [5, 5.41) is 0. The lowest BCUT2D eigenvalue weighted by Crippen LogP contribution is -2.33. The molecule has 1 aliphatic rings. The molecule has 0 N–H and O–H groups in total. The predicted molar refractivity (Wildman–Crippen MR) is 78.0 cm³/mol. The van der Waals surface area contributed by atoms with E-state index in [0.717, 1.165) is 23.7 Å². The minimum Gasteiger partial charge on any atom is -0.103 e. The highest BCUT2D eigenvalue weighted by atomic mass is 14.5. The number of rotatable bonds is 6. The van der Waals surface area contributed by atoms with Crippen LogP contribution in [-0.4, -0.2) is 0 Å². The van der Waals surface area contributed by atoms with E-state index in [2.05, 4.69) is 47.3 Å². The Morgan fingerprint density at radius 3 is 2.41 bits per heavy atom. The molecule has 0 bridgehead atoms. The summed E-state index contributed by atoms with van der Waals surface area (Å²) in [5.41, 5.74) is 0.595. The highest BCUT2D eigenvalue weighted by Crippen LogP contribution is 2.55. The Bertz CT molecular complexity index is 240. The zero-order chi connectivity index (χ0) is 13.1. The molecule has 1 rings (SSSR count). The summed E-state index contributed by atoms with van der Waals surface area (Å²) in [6.07, 6.45) is 8.99. The van der Waals surface area contributed by atoms with Gasteiger partial charge in [-0.3, -0.25) is 0 Å². The van der Waals surface area contributed by atoms with Gasteiger partial charge in [0.2, 0.25) is 0 Å². The molecule has 1 aliphatic carbocycles. The van der Waals surface area contributed by atoms with Gasteiger partial charge in [0.1, 0.15) is 0 Å². The molecule has 0 saturated heterocycles. The van der Waals surface area contributed by atoms with Crippen molar-refractivity contribution < 1.29 is 0 Å². The van der Waals surface area contributed by atoms with E-state index in [9.17, 15) is 0 Å². The van der Waals surface area contributed by atoms with E-state index in [1.165, 1.54) is 32.1 Å². The maximum absolute atomic E-state index is 3.96. The normalized spacial score (nSPS) is 35.2. The van der Waals surface area contributed by atoms with Gasteiger partial charge in [-0.05, 0) is 61.2 Å². The molecule has 0 heterocycles. The molecular formula is C17H32. The molecule has 0 aromatic carbocycles. The van der Waals surface area contributed by atoms with Gasteiger partial charge in [0, 0.05) is 0 Å². The van der Waals surface area contributed by atoms with Crippen LogP contribution in [0.4, 0.5) is 0 Å². The van der Waals surface area contributed by atoms with Crippen molar-refractivity contribution in [3.8, 4) is 0 Å². The van der Waals surface area contributed by atoms with Crippen LogP contribution in [-0.2, 0) is 0 Å². The molecule has 0 aromatic heterocycles. The maximum atomic E-state index is 3.96. The minimum absolute atomic E-state index is 0.595. The van der Waals surface area contributed by atoms with E-state index in [4.69, 9.17) is 0 Å². The van der Waals surface area contributed by atoms with Crippen LogP contribution >= 0.6 is 0 Å². The molecule has 0 nitrogen and oxygen atoms in total. The quantitative estimate of drug-likeness (QED) is 0.520. The Morgan fingerprint density at radius 1 is 1.29 bits per heavy atom. The highest BCUT2D eigenvalue weighted by Gasteiger charge is 2.46. The minimum atomic E-state index is 0.595. The van der Waals surface area contributed by atoms with Gasteiger partial charge in [-0.15, -0.1) is 6.58 Å². The first kappa shape index (κ1) is 14.8. The molecule has 0 spiro atoms. The molecule has 4 atom stereocenters. The van der Waals surface area contributed by atoms with Gasteiger partial charge >= 0.3 is 0 Å². The maximum Gasteiger partial charge on any atom is -0.0241 e. The Hall–Kier alpha value is -0.260. The van der Waals surface area contributed by atoms with Crippen LogP contribution in [0.1, 0.15) is 66.7 Å². The van der Waals surface area contributed by atoms with Gasteiger partial charge < -0.3 is 0 Å². The smallest absolute Gasteiger partial charge is 0.0241 e. The third-order valence-electron chi connectivity index (χ3n) is 5.69. The highest BCUT2D eigenvalue weighted by molar-refractivity contribution is 4.98. The molecular weight excluding hydrogens is 204 g/mol. The largest absolute Gasteiger partial charge is 0.103 e. The van der Waals surface area contributed by atoms with Crippen molar-refractivity contribution in [3.63, 3.8) is 0 Å². The van der Waals surface area contributed by atoms with Crippen molar-refractivity contribution in [2.24, 2.45) is 29.1 Å². The van der Waals surface area contributed by atoms with E-state index in [1.54, 1.807) is 0 Å². The van der Waals surface area contributed by atoms with Crippen molar-refractivity contribution in [2.45, 2.75) is 66.7 Å². The molecule has 0 aromatic rings. The fourth-order valence-electron chi connectivity index (χ4n) is 3.97. The monoisotopic (exact) mass is 236 g/mol. The Morgan fingerprint density at radius 2 is 1.94 bits per heavy atom. The fraction of sp³-hybridized carbons (Fsp3) is 0.882. The average Bonchev–Trinajstić information content (AvgIpc) is 2.58. The van der Waals surface area contributed by atoms with Crippen LogP contribution < -0.4 is 0 Å². The molecule has 17 heavy (non-hydrogen) atoms. The van der Waals surface area contributed by atoms with Crippen LogP contribution in [0.2, 0.25) is 0 Å². The number of hydrogen-bond acceptors (Lipinski definition) is 0. The van der Waals surface area contributed by atoms with Gasteiger partial charge in [0.25, 0.3) is 0 Å². The zero-order valence-corrected chi connectivity index (χ0v) is 12.6. The van der Waals surface area contributed by atoms with E-state index >= 15 is 0 Å². The SMILES string of the molecule is C=CCC1CCC(C)C1(CC)CC(C)C(C)C. The van der Waals surface area contributed by atoms with Crippen LogP contribution in [0.5, 0.6) is 0 Å². The number of allylic oxidation sites excluding steroid dienone is 1. The predicted octanol–water partition coefficient (Wildman–Crippen LogP) is 5.69. The first-order valence-electron chi connectivity index (χ1n) is 7.58. The van der Waals surface area contributed by atoms with Gasteiger partial charge in [-0.25, -0.2) is 0 Å². The van der Waals surface area contributed by atoms with Crippen molar-refractivity contribution in [1.82, 2.24) is 0 Å². The summed E-state index contributed by atoms with van der Waals surface area (Å²) in [4.78, 5) is 0. The third kappa shape index (κ3) is 2.95. The van der Waals surface area contributed by atoms with Crippen molar-refractivity contribution >= 4 is 0 Å². The van der Waals surface area contributed by atoms with Crippen LogP contribution in [0.3, 0.4) is 0 Å². The fourth-order valence-corrected chi connectivity index (χ4v) is 3.97. The summed E-state index contributed by atoms with van der Waals surface area (Å²) < 4.78 is 0. The van der Waals surface area contributed by atoms with E-state index < -0.39 is 0 Å². The zero-order valence-electron chi connectivity index (χ0n) is 12.6. The van der Waals surface area contributed by atoms with Gasteiger partial charge in [0.15, 0.2) is 0 Å². The van der Waals surface area contributed by atoms with Gasteiger partial charge in [-0.1, -0.05) is 40.7 Å². The second-order valence-corrected chi connectivity index (χ2v) is 6.71.